The predicted molar refractivity (Wildman–Crippen MR) is 39.2 cm³/mol. The Labute approximate surface area is 62.2 Å². The van der Waals surface area contributed by atoms with Gasteiger partial charge in [-0.25, -0.2) is 5.11 Å². The van der Waals surface area contributed by atoms with E-state index < -0.39 is 0 Å². The summed E-state index contributed by atoms with van der Waals surface area (Å²) < 4.78 is 0. The molecule has 0 aliphatic rings. The Balaban J connectivity index is 3.64. The van der Waals surface area contributed by atoms with E-state index in [2.05, 4.69) is 0 Å². The number of carbonyl (C=O) groups is 1. The van der Waals surface area contributed by atoms with Crippen LogP contribution in [0.3, 0.4) is 0 Å². The van der Waals surface area contributed by atoms with Gasteiger partial charge in [0.05, 0.1) is 6.61 Å². The molecule has 0 saturated carbocycles. The van der Waals surface area contributed by atoms with Crippen molar-refractivity contribution in [2.75, 3.05) is 6.61 Å². The van der Waals surface area contributed by atoms with Crippen LogP contribution in [0.2, 0.25) is 0 Å². The number of hydrogen-bond acceptors (Lipinski definition) is 1. The summed E-state index contributed by atoms with van der Waals surface area (Å²) in [7, 11) is 0. The Morgan fingerprint density at radius 3 is 2.10 bits per heavy atom. The molecule has 0 N–H and O–H groups in total. The zero-order valence-electron chi connectivity index (χ0n) is 6.94. The maximum Gasteiger partial charge on any atom is 0.138 e. The fourth-order valence-electron chi connectivity index (χ4n) is 0.608. The first-order valence-corrected chi connectivity index (χ1v) is 3.60. The van der Waals surface area contributed by atoms with Crippen molar-refractivity contribution >= 4 is 5.78 Å². The second-order valence-electron chi connectivity index (χ2n) is 3.48. The first kappa shape index (κ1) is 9.63. The van der Waals surface area contributed by atoms with Crippen LogP contribution in [0.1, 0.15) is 33.6 Å². The fourth-order valence-corrected chi connectivity index (χ4v) is 0.608. The predicted octanol–water partition coefficient (Wildman–Crippen LogP) is 1.81. The van der Waals surface area contributed by atoms with E-state index in [4.69, 9.17) is 0 Å². The standard InChI is InChI=1S/C8H15O2/c1-8(2,3)7(10)5-4-6-9/h4-6H2,1-3H3. The summed E-state index contributed by atoms with van der Waals surface area (Å²) in [6, 6.07) is 0. The highest BCUT2D eigenvalue weighted by Gasteiger charge is 2.19. The first-order chi connectivity index (χ1) is 4.48. The number of Topliss-reactive ketones (excluding diaryl/α,β-unsaturated/α-hetero) is 1. The highest BCUT2D eigenvalue weighted by atomic mass is 16.3. The summed E-state index contributed by atoms with van der Waals surface area (Å²) in [5.74, 6) is 0.184. The van der Waals surface area contributed by atoms with Crippen molar-refractivity contribution in [3.05, 3.63) is 0 Å². The fraction of sp³-hybridized carbons (Fsp3) is 0.875. The maximum atomic E-state index is 11.1. The molecule has 0 aromatic carbocycles. The smallest absolute Gasteiger partial charge is 0.138 e. The summed E-state index contributed by atoms with van der Waals surface area (Å²) in [4.78, 5) is 11.1. The van der Waals surface area contributed by atoms with Gasteiger partial charge < -0.3 is 0 Å². The summed E-state index contributed by atoms with van der Waals surface area (Å²) >= 11 is 0. The van der Waals surface area contributed by atoms with Gasteiger partial charge in [0.2, 0.25) is 0 Å². The molecule has 0 fully saturated rings. The van der Waals surface area contributed by atoms with E-state index >= 15 is 0 Å². The Hall–Kier alpha value is -0.370. The highest BCUT2D eigenvalue weighted by molar-refractivity contribution is 5.83. The molecule has 59 valence electrons. The molecule has 0 aliphatic heterocycles. The number of hydrogen-bond donors (Lipinski definition) is 0. The van der Waals surface area contributed by atoms with E-state index in [0.29, 0.717) is 12.8 Å². The van der Waals surface area contributed by atoms with Crippen LogP contribution in [0.25, 0.3) is 0 Å². The zero-order chi connectivity index (χ0) is 8.20. The monoisotopic (exact) mass is 143 g/mol. The highest BCUT2D eigenvalue weighted by Crippen LogP contribution is 2.17. The molecule has 0 atom stereocenters. The average molecular weight is 143 g/mol. The molecule has 0 rings (SSSR count). The summed E-state index contributed by atoms with van der Waals surface area (Å²) in [5.41, 5.74) is -0.269. The van der Waals surface area contributed by atoms with Crippen molar-refractivity contribution in [1.82, 2.24) is 0 Å². The SMILES string of the molecule is CC(C)(C)C(=O)CCC[O]. The van der Waals surface area contributed by atoms with Gasteiger partial charge in [0.1, 0.15) is 5.78 Å². The third-order valence-corrected chi connectivity index (χ3v) is 1.38. The molecule has 10 heavy (non-hydrogen) atoms. The lowest BCUT2D eigenvalue weighted by molar-refractivity contribution is -0.126. The first-order valence-electron chi connectivity index (χ1n) is 3.60. The van der Waals surface area contributed by atoms with Crippen molar-refractivity contribution in [2.45, 2.75) is 33.6 Å². The molecule has 0 spiro atoms. The van der Waals surface area contributed by atoms with Gasteiger partial charge in [-0.2, -0.15) is 0 Å². The quantitative estimate of drug-likeness (QED) is 0.593. The molecule has 0 amide bonds. The topological polar surface area (TPSA) is 37.0 Å². The van der Waals surface area contributed by atoms with Gasteiger partial charge in [-0.1, -0.05) is 20.8 Å². The minimum Gasteiger partial charge on any atom is -0.299 e. The van der Waals surface area contributed by atoms with E-state index in [9.17, 15) is 9.90 Å². The van der Waals surface area contributed by atoms with Crippen LogP contribution in [-0.2, 0) is 9.90 Å². The molecule has 1 radical (unpaired) electrons. The van der Waals surface area contributed by atoms with E-state index in [-0.39, 0.29) is 17.8 Å². The van der Waals surface area contributed by atoms with Crippen molar-refractivity contribution in [3.8, 4) is 0 Å². The number of ketones is 1. The molecule has 0 aromatic rings. The molecule has 0 aliphatic carbocycles. The van der Waals surface area contributed by atoms with Gasteiger partial charge in [0.15, 0.2) is 0 Å². The number of carbonyl (C=O) groups excluding carboxylic acids is 1. The van der Waals surface area contributed by atoms with Crippen LogP contribution in [0.15, 0.2) is 0 Å². The lowest BCUT2D eigenvalue weighted by Gasteiger charge is -2.15. The van der Waals surface area contributed by atoms with Crippen molar-refractivity contribution in [2.24, 2.45) is 5.41 Å². The van der Waals surface area contributed by atoms with Crippen molar-refractivity contribution in [1.29, 1.82) is 0 Å². The second-order valence-corrected chi connectivity index (χ2v) is 3.48. The van der Waals surface area contributed by atoms with E-state index in [0.717, 1.165) is 0 Å². The van der Waals surface area contributed by atoms with Crippen molar-refractivity contribution < 1.29 is 9.90 Å². The van der Waals surface area contributed by atoms with Crippen LogP contribution in [0.4, 0.5) is 0 Å². The Morgan fingerprint density at radius 2 is 1.80 bits per heavy atom. The summed E-state index contributed by atoms with van der Waals surface area (Å²) in [6.07, 6.45) is 0.920. The third kappa shape index (κ3) is 3.62. The van der Waals surface area contributed by atoms with Gasteiger partial charge in [-0.05, 0) is 6.42 Å². The molecule has 2 heteroatoms. The third-order valence-electron chi connectivity index (χ3n) is 1.38. The molecule has 0 unspecified atom stereocenters. The van der Waals surface area contributed by atoms with E-state index in [1.807, 2.05) is 20.8 Å². The molecular formula is C8H15O2. The molecule has 2 nitrogen and oxygen atoms in total. The minimum absolute atomic E-state index is 0.137. The second kappa shape index (κ2) is 3.71. The van der Waals surface area contributed by atoms with Crippen molar-refractivity contribution in [3.63, 3.8) is 0 Å². The normalized spacial score (nSPS) is 11.6. The van der Waals surface area contributed by atoms with Gasteiger partial charge >= 0.3 is 0 Å². The molecule has 0 heterocycles. The Bertz CT molecular complexity index is 111. The Morgan fingerprint density at radius 1 is 1.30 bits per heavy atom. The zero-order valence-corrected chi connectivity index (χ0v) is 6.94. The van der Waals surface area contributed by atoms with Crippen LogP contribution < -0.4 is 0 Å². The van der Waals surface area contributed by atoms with Crippen LogP contribution >= 0.6 is 0 Å². The van der Waals surface area contributed by atoms with Crippen LogP contribution in [0, 0.1) is 5.41 Å². The van der Waals surface area contributed by atoms with Gasteiger partial charge in [-0.15, -0.1) is 0 Å². The van der Waals surface area contributed by atoms with Gasteiger partial charge in [0.25, 0.3) is 0 Å². The lowest BCUT2D eigenvalue weighted by Crippen LogP contribution is -2.19. The average Bonchev–Trinajstić information content (AvgIpc) is 1.80. The number of rotatable bonds is 3. The van der Waals surface area contributed by atoms with E-state index in [1.165, 1.54) is 0 Å². The molecule has 0 bridgehead atoms. The maximum absolute atomic E-state index is 11.1. The molecule has 0 aromatic heterocycles. The minimum atomic E-state index is -0.269. The van der Waals surface area contributed by atoms with Gasteiger partial charge in [0, 0.05) is 11.8 Å². The molecule has 0 saturated heterocycles. The molecular weight excluding hydrogens is 128 g/mol. The summed E-state index contributed by atoms with van der Waals surface area (Å²) in [6.45, 7) is 5.49. The Kier molecular flexibility index (Phi) is 3.58. The largest absolute Gasteiger partial charge is 0.299 e. The summed E-state index contributed by atoms with van der Waals surface area (Å²) in [5, 5.41) is 10.0. The van der Waals surface area contributed by atoms with Gasteiger partial charge in [-0.3, -0.25) is 4.79 Å². The van der Waals surface area contributed by atoms with Crippen LogP contribution in [0.5, 0.6) is 0 Å². The van der Waals surface area contributed by atoms with E-state index in [1.54, 1.807) is 0 Å². The lowest BCUT2D eigenvalue weighted by atomic mass is 9.88. The van der Waals surface area contributed by atoms with Crippen LogP contribution in [-0.4, -0.2) is 12.4 Å².